The summed E-state index contributed by atoms with van der Waals surface area (Å²) >= 11 is 0. The van der Waals surface area contributed by atoms with Crippen LogP contribution in [0.2, 0.25) is 0 Å². The number of amides is 1. The lowest BCUT2D eigenvalue weighted by Gasteiger charge is -2.22. The molecular weight excluding hydrogens is 250 g/mol. The van der Waals surface area contributed by atoms with Crippen LogP contribution in [0, 0.1) is 12.8 Å². The van der Waals surface area contributed by atoms with Gasteiger partial charge in [-0.2, -0.15) is 0 Å². The summed E-state index contributed by atoms with van der Waals surface area (Å²) in [6.45, 7) is 4.68. The Kier molecular flexibility index (Phi) is 5.01. The molecule has 1 saturated carbocycles. The van der Waals surface area contributed by atoms with Gasteiger partial charge >= 0.3 is 0 Å². The van der Waals surface area contributed by atoms with Crippen LogP contribution in [0.4, 0.5) is 11.4 Å². The molecule has 2 unspecified atom stereocenters. The van der Waals surface area contributed by atoms with Gasteiger partial charge in [-0.25, -0.2) is 0 Å². The molecule has 0 aromatic heterocycles. The molecule has 0 radical (unpaired) electrons. The Morgan fingerprint density at radius 1 is 1.40 bits per heavy atom. The van der Waals surface area contributed by atoms with Gasteiger partial charge in [-0.15, -0.1) is 0 Å². The Balaban J connectivity index is 2.10. The fourth-order valence-electron chi connectivity index (χ4n) is 2.81. The normalized spacial score (nSPS) is 21.8. The topological polar surface area (TPSA) is 67.2 Å². The molecule has 2 rings (SSSR count). The van der Waals surface area contributed by atoms with Crippen molar-refractivity contribution < 1.29 is 4.79 Å². The van der Waals surface area contributed by atoms with Crippen molar-refractivity contribution in [3.05, 3.63) is 23.8 Å². The molecule has 1 fully saturated rings. The molecule has 1 aromatic carbocycles. The van der Waals surface area contributed by atoms with Crippen LogP contribution in [-0.4, -0.2) is 18.5 Å². The Hall–Kier alpha value is -1.55. The lowest BCUT2D eigenvalue weighted by molar-refractivity contribution is -0.115. The highest BCUT2D eigenvalue weighted by atomic mass is 16.1. The summed E-state index contributed by atoms with van der Waals surface area (Å²) in [7, 11) is 0. The Labute approximate surface area is 121 Å². The van der Waals surface area contributed by atoms with Crippen molar-refractivity contribution >= 4 is 17.3 Å². The minimum atomic E-state index is 0.0421. The van der Waals surface area contributed by atoms with E-state index in [-0.39, 0.29) is 5.91 Å². The molecule has 4 N–H and O–H groups in total. The van der Waals surface area contributed by atoms with Crippen molar-refractivity contribution in [3.63, 3.8) is 0 Å². The van der Waals surface area contributed by atoms with Crippen LogP contribution in [-0.2, 0) is 4.79 Å². The van der Waals surface area contributed by atoms with Gasteiger partial charge in [0.1, 0.15) is 0 Å². The van der Waals surface area contributed by atoms with Crippen molar-refractivity contribution in [3.8, 4) is 0 Å². The van der Waals surface area contributed by atoms with Crippen LogP contribution in [0.3, 0.4) is 0 Å². The van der Waals surface area contributed by atoms with Crippen LogP contribution in [0.15, 0.2) is 18.2 Å². The number of hydrogen-bond donors (Lipinski definition) is 3. The van der Waals surface area contributed by atoms with Gasteiger partial charge in [-0.05, 0) is 49.9 Å². The number of carbonyl (C=O) groups excluding carboxylic acids is 1. The quantitative estimate of drug-likeness (QED) is 0.774. The summed E-state index contributed by atoms with van der Waals surface area (Å²) in [5.74, 6) is 0.601. The largest absolute Gasteiger partial charge is 0.382 e. The lowest BCUT2D eigenvalue weighted by Crippen LogP contribution is -2.29. The second kappa shape index (κ2) is 6.75. The second-order valence-corrected chi connectivity index (χ2v) is 5.61. The third-order valence-corrected chi connectivity index (χ3v) is 4.15. The van der Waals surface area contributed by atoms with E-state index in [1.165, 1.54) is 24.8 Å². The Morgan fingerprint density at radius 2 is 2.20 bits per heavy atom. The minimum absolute atomic E-state index is 0.0421. The maximum Gasteiger partial charge on any atom is 0.224 e. The molecule has 0 spiro atoms. The first-order chi connectivity index (χ1) is 9.63. The van der Waals surface area contributed by atoms with Crippen LogP contribution < -0.4 is 16.4 Å². The Morgan fingerprint density at radius 3 is 2.90 bits per heavy atom. The van der Waals surface area contributed by atoms with Gasteiger partial charge in [-0.1, -0.05) is 19.4 Å². The highest BCUT2D eigenvalue weighted by Gasteiger charge is 2.26. The predicted octanol–water partition coefficient (Wildman–Crippen LogP) is 2.88. The number of rotatable bonds is 5. The summed E-state index contributed by atoms with van der Waals surface area (Å²) in [5, 5.41) is 6.52. The average Bonchev–Trinajstić information content (AvgIpc) is 2.89. The number of aryl methyl sites for hydroxylation is 1. The van der Waals surface area contributed by atoms with E-state index in [1.54, 1.807) is 0 Å². The van der Waals surface area contributed by atoms with E-state index in [4.69, 9.17) is 5.73 Å². The highest BCUT2D eigenvalue weighted by Crippen LogP contribution is 2.30. The van der Waals surface area contributed by atoms with Gasteiger partial charge < -0.3 is 16.4 Å². The van der Waals surface area contributed by atoms with E-state index >= 15 is 0 Å². The Bertz CT molecular complexity index is 473. The molecule has 0 saturated heterocycles. The zero-order chi connectivity index (χ0) is 14.5. The van der Waals surface area contributed by atoms with Crippen molar-refractivity contribution in [1.29, 1.82) is 0 Å². The van der Waals surface area contributed by atoms with Gasteiger partial charge in [0.15, 0.2) is 0 Å². The summed E-state index contributed by atoms with van der Waals surface area (Å²) in [6.07, 6.45) is 4.12. The number of nitrogens with one attached hydrogen (secondary N) is 2. The van der Waals surface area contributed by atoms with E-state index in [1.807, 2.05) is 25.1 Å². The lowest BCUT2D eigenvalue weighted by atomic mass is 10.0. The summed E-state index contributed by atoms with van der Waals surface area (Å²) < 4.78 is 0. The van der Waals surface area contributed by atoms with E-state index in [9.17, 15) is 4.79 Å². The number of nitrogens with two attached hydrogens (primary N) is 1. The van der Waals surface area contributed by atoms with Crippen LogP contribution in [0.1, 0.15) is 38.2 Å². The van der Waals surface area contributed by atoms with Gasteiger partial charge in [0, 0.05) is 23.8 Å². The van der Waals surface area contributed by atoms with Gasteiger partial charge in [0.25, 0.3) is 0 Å². The molecule has 0 bridgehead atoms. The predicted molar refractivity (Wildman–Crippen MR) is 83.9 cm³/mol. The molecule has 0 heterocycles. The summed E-state index contributed by atoms with van der Waals surface area (Å²) in [6, 6.07) is 6.47. The van der Waals surface area contributed by atoms with Gasteiger partial charge in [0.2, 0.25) is 5.91 Å². The molecule has 1 amide bonds. The molecule has 110 valence electrons. The third kappa shape index (κ3) is 3.51. The zero-order valence-corrected chi connectivity index (χ0v) is 12.4. The van der Waals surface area contributed by atoms with Crippen molar-refractivity contribution in [2.75, 3.05) is 17.2 Å². The first-order valence-electron chi connectivity index (χ1n) is 7.51. The first-order valence-corrected chi connectivity index (χ1v) is 7.51. The number of benzene rings is 1. The number of anilines is 2. The van der Waals surface area contributed by atoms with Crippen molar-refractivity contribution in [1.82, 2.24) is 0 Å². The molecule has 20 heavy (non-hydrogen) atoms. The van der Waals surface area contributed by atoms with Crippen LogP contribution >= 0.6 is 0 Å². The minimum Gasteiger partial charge on any atom is -0.382 e. The van der Waals surface area contributed by atoms with Crippen LogP contribution in [0.25, 0.3) is 0 Å². The highest BCUT2D eigenvalue weighted by molar-refractivity contribution is 5.91. The van der Waals surface area contributed by atoms with Crippen LogP contribution in [0.5, 0.6) is 0 Å². The second-order valence-electron chi connectivity index (χ2n) is 5.61. The molecule has 4 nitrogen and oxygen atoms in total. The van der Waals surface area contributed by atoms with E-state index in [0.717, 1.165) is 17.9 Å². The molecule has 4 heteroatoms. The van der Waals surface area contributed by atoms with E-state index in [0.29, 0.717) is 18.4 Å². The van der Waals surface area contributed by atoms with E-state index in [2.05, 4.69) is 17.6 Å². The summed E-state index contributed by atoms with van der Waals surface area (Å²) in [4.78, 5) is 11.5. The molecule has 1 aliphatic carbocycles. The number of carbonyl (C=O) groups is 1. The van der Waals surface area contributed by atoms with Crippen molar-refractivity contribution in [2.24, 2.45) is 11.7 Å². The molecular formula is C16H25N3O. The molecule has 2 atom stereocenters. The zero-order valence-electron chi connectivity index (χ0n) is 12.4. The maximum absolute atomic E-state index is 11.5. The van der Waals surface area contributed by atoms with E-state index < -0.39 is 0 Å². The van der Waals surface area contributed by atoms with Crippen molar-refractivity contribution in [2.45, 2.75) is 45.6 Å². The molecule has 1 aliphatic rings. The maximum atomic E-state index is 11.5. The number of hydrogen-bond acceptors (Lipinski definition) is 3. The molecule has 1 aromatic rings. The SMILES string of the molecule is CCC(=O)Nc1ccc(C)c(NC2CCCC2CN)c1. The first kappa shape index (κ1) is 14.9. The monoisotopic (exact) mass is 275 g/mol. The average molecular weight is 275 g/mol. The fraction of sp³-hybridized carbons (Fsp3) is 0.562. The molecule has 0 aliphatic heterocycles. The standard InChI is InChI=1S/C16H25N3O/c1-3-16(20)18-13-8-7-11(2)15(9-13)19-14-6-4-5-12(14)10-17/h7-9,12,14,19H,3-6,10,17H2,1-2H3,(H,18,20). The summed E-state index contributed by atoms with van der Waals surface area (Å²) in [5.41, 5.74) is 8.98. The van der Waals surface area contributed by atoms with Gasteiger partial charge in [0.05, 0.1) is 0 Å². The fourth-order valence-corrected chi connectivity index (χ4v) is 2.81. The third-order valence-electron chi connectivity index (χ3n) is 4.15. The van der Waals surface area contributed by atoms with Gasteiger partial charge in [-0.3, -0.25) is 4.79 Å². The smallest absolute Gasteiger partial charge is 0.224 e.